The van der Waals surface area contributed by atoms with Crippen LogP contribution in [0.3, 0.4) is 0 Å². The molecule has 6 nitrogen and oxygen atoms in total. The number of hydrogen-bond acceptors (Lipinski definition) is 4. The average Bonchev–Trinajstić information content (AvgIpc) is 2.68. The van der Waals surface area contributed by atoms with Gasteiger partial charge < -0.3 is 14.4 Å². The van der Waals surface area contributed by atoms with Crippen molar-refractivity contribution < 1.29 is 14.3 Å². The highest BCUT2D eigenvalue weighted by Gasteiger charge is 2.14. The van der Waals surface area contributed by atoms with Crippen LogP contribution in [0, 0.1) is 5.92 Å². The normalized spacial score (nSPS) is 13.0. The molecule has 19 heavy (non-hydrogen) atoms. The van der Waals surface area contributed by atoms with E-state index in [-0.39, 0.29) is 0 Å². The van der Waals surface area contributed by atoms with Gasteiger partial charge in [-0.15, -0.1) is 0 Å². The topological polar surface area (TPSA) is 86.5 Å². The number of aliphatic carboxylic acids is 1. The van der Waals surface area contributed by atoms with Crippen molar-refractivity contribution in [2.45, 2.75) is 13.5 Å². The molecule has 1 heterocycles. The van der Waals surface area contributed by atoms with E-state index in [1.54, 1.807) is 13.0 Å². The van der Waals surface area contributed by atoms with E-state index >= 15 is 0 Å². The van der Waals surface area contributed by atoms with Gasteiger partial charge in [0.05, 0.1) is 11.4 Å². The number of aromatic amines is 1. The van der Waals surface area contributed by atoms with Crippen molar-refractivity contribution in [3.8, 4) is 0 Å². The van der Waals surface area contributed by atoms with Gasteiger partial charge in [0.2, 0.25) is 0 Å². The Morgan fingerprint density at radius 1 is 1.53 bits per heavy atom. The Kier molecular flexibility index (Phi) is 3.71. The van der Waals surface area contributed by atoms with Gasteiger partial charge in [0.15, 0.2) is 5.58 Å². The molecule has 0 aliphatic carbocycles. The molecule has 0 spiro atoms. The predicted octanol–water partition coefficient (Wildman–Crippen LogP) is 1.27. The molecule has 0 radical (unpaired) electrons. The zero-order valence-electron chi connectivity index (χ0n) is 10.8. The molecule has 2 aromatic rings. The van der Waals surface area contributed by atoms with E-state index in [0.717, 1.165) is 5.56 Å². The number of nitrogens with one attached hydrogen (secondary N) is 1. The van der Waals surface area contributed by atoms with Crippen LogP contribution < -0.4 is 5.76 Å². The number of H-pyrrole nitrogens is 1. The van der Waals surface area contributed by atoms with Crippen LogP contribution in [0.15, 0.2) is 27.4 Å². The molecule has 2 N–H and O–H groups in total. The molecule has 1 atom stereocenters. The first kappa shape index (κ1) is 13.4. The van der Waals surface area contributed by atoms with Gasteiger partial charge in [0.1, 0.15) is 0 Å². The largest absolute Gasteiger partial charge is 0.481 e. The van der Waals surface area contributed by atoms with Crippen molar-refractivity contribution in [1.82, 2.24) is 9.88 Å². The Balaban J connectivity index is 2.08. The summed E-state index contributed by atoms with van der Waals surface area (Å²) in [7, 11) is 1.86. The number of carbonyl (C=O) groups is 1. The van der Waals surface area contributed by atoms with E-state index in [4.69, 9.17) is 9.52 Å². The summed E-state index contributed by atoms with van der Waals surface area (Å²) in [5.74, 6) is -1.69. The maximum absolute atomic E-state index is 11.0. The number of benzene rings is 1. The number of oxazole rings is 1. The first-order chi connectivity index (χ1) is 8.95. The summed E-state index contributed by atoms with van der Waals surface area (Å²) in [6, 6.07) is 5.43. The highest BCUT2D eigenvalue weighted by molar-refractivity contribution is 5.72. The Labute approximate surface area is 109 Å². The zero-order chi connectivity index (χ0) is 14.0. The standard InChI is InChI=1S/C13H16N2O4/c1-8(12(16)17)6-15(2)7-9-3-4-11-10(5-9)14-13(18)19-11/h3-5,8H,6-7H2,1-2H3,(H,14,18)(H,16,17). The van der Waals surface area contributed by atoms with E-state index in [1.807, 2.05) is 24.1 Å². The maximum atomic E-state index is 11.0. The Morgan fingerprint density at radius 2 is 2.26 bits per heavy atom. The lowest BCUT2D eigenvalue weighted by atomic mass is 10.1. The van der Waals surface area contributed by atoms with E-state index in [0.29, 0.717) is 24.2 Å². The van der Waals surface area contributed by atoms with Crippen LogP contribution in [0.1, 0.15) is 12.5 Å². The Bertz CT molecular complexity index is 643. The second kappa shape index (κ2) is 5.27. The summed E-state index contributed by atoms with van der Waals surface area (Å²) < 4.78 is 4.92. The van der Waals surface area contributed by atoms with E-state index < -0.39 is 17.6 Å². The fourth-order valence-corrected chi connectivity index (χ4v) is 2.02. The molecule has 0 aliphatic rings. The summed E-state index contributed by atoms with van der Waals surface area (Å²) in [6.45, 7) is 2.76. The third kappa shape index (κ3) is 3.23. The van der Waals surface area contributed by atoms with E-state index in [9.17, 15) is 9.59 Å². The number of nitrogens with zero attached hydrogens (tertiary/aromatic N) is 1. The fourth-order valence-electron chi connectivity index (χ4n) is 2.02. The summed E-state index contributed by atoms with van der Waals surface area (Å²) in [4.78, 5) is 26.4. The molecule has 6 heteroatoms. The molecular weight excluding hydrogens is 248 g/mol. The molecule has 1 unspecified atom stereocenters. The monoisotopic (exact) mass is 264 g/mol. The molecule has 1 aromatic heterocycles. The summed E-state index contributed by atoms with van der Waals surface area (Å²) in [5.41, 5.74) is 2.17. The van der Waals surface area contributed by atoms with Gasteiger partial charge in [-0.05, 0) is 24.7 Å². The minimum Gasteiger partial charge on any atom is -0.481 e. The molecule has 0 amide bonds. The number of carboxylic acid groups (broad SMARTS) is 1. The predicted molar refractivity (Wildman–Crippen MR) is 70.0 cm³/mol. The van der Waals surface area contributed by atoms with Crippen LogP contribution in [-0.4, -0.2) is 34.6 Å². The summed E-state index contributed by atoms with van der Waals surface area (Å²) >= 11 is 0. The molecule has 102 valence electrons. The minimum absolute atomic E-state index is 0.414. The Hall–Kier alpha value is -2.08. The molecule has 0 saturated carbocycles. The zero-order valence-corrected chi connectivity index (χ0v) is 10.8. The van der Waals surface area contributed by atoms with E-state index in [2.05, 4.69) is 4.98 Å². The van der Waals surface area contributed by atoms with Crippen molar-refractivity contribution in [2.24, 2.45) is 5.92 Å². The quantitative estimate of drug-likeness (QED) is 0.849. The van der Waals surface area contributed by atoms with Gasteiger partial charge in [-0.25, -0.2) is 4.79 Å². The smallest absolute Gasteiger partial charge is 0.417 e. The molecule has 0 aliphatic heterocycles. The van der Waals surface area contributed by atoms with Crippen LogP contribution in [0.2, 0.25) is 0 Å². The molecule has 1 aromatic carbocycles. The summed E-state index contributed by atoms with van der Waals surface area (Å²) in [5, 5.41) is 8.86. The van der Waals surface area contributed by atoms with Gasteiger partial charge >= 0.3 is 11.7 Å². The van der Waals surface area contributed by atoms with Crippen molar-refractivity contribution in [1.29, 1.82) is 0 Å². The highest BCUT2D eigenvalue weighted by atomic mass is 16.4. The van der Waals surface area contributed by atoms with Crippen molar-refractivity contribution in [3.05, 3.63) is 34.3 Å². The molecule has 0 saturated heterocycles. The molecule has 0 bridgehead atoms. The minimum atomic E-state index is -0.804. The van der Waals surface area contributed by atoms with Gasteiger partial charge in [0.25, 0.3) is 0 Å². The second-order valence-corrected chi connectivity index (χ2v) is 4.78. The van der Waals surface area contributed by atoms with Crippen molar-refractivity contribution in [2.75, 3.05) is 13.6 Å². The molecule has 0 fully saturated rings. The van der Waals surface area contributed by atoms with Crippen LogP contribution in [0.25, 0.3) is 11.1 Å². The van der Waals surface area contributed by atoms with Gasteiger partial charge in [-0.2, -0.15) is 0 Å². The third-order valence-electron chi connectivity index (χ3n) is 2.94. The van der Waals surface area contributed by atoms with Crippen molar-refractivity contribution >= 4 is 17.1 Å². The third-order valence-corrected chi connectivity index (χ3v) is 2.94. The lowest BCUT2D eigenvalue weighted by molar-refractivity contribution is -0.141. The Morgan fingerprint density at radius 3 is 2.95 bits per heavy atom. The number of fused-ring (bicyclic) bond motifs is 1. The maximum Gasteiger partial charge on any atom is 0.417 e. The van der Waals surface area contributed by atoms with Gasteiger partial charge in [-0.3, -0.25) is 9.78 Å². The second-order valence-electron chi connectivity index (χ2n) is 4.78. The van der Waals surface area contributed by atoms with Gasteiger partial charge in [-0.1, -0.05) is 13.0 Å². The van der Waals surface area contributed by atoms with Gasteiger partial charge in [0, 0.05) is 13.1 Å². The average molecular weight is 264 g/mol. The first-order valence-corrected chi connectivity index (χ1v) is 5.99. The van der Waals surface area contributed by atoms with Crippen molar-refractivity contribution in [3.63, 3.8) is 0 Å². The van der Waals surface area contributed by atoms with E-state index in [1.165, 1.54) is 0 Å². The highest BCUT2D eigenvalue weighted by Crippen LogP contribution is 2.14. The first-order valence-electron chi connectivity index (χ1n) is 5.99. The number of carboxylic acids is 1. The molecule has 2 rings (SSSR count). The van der Waals surface area contributed by atoms with Crippen LogP contribution >= 0.6 is 0 Å². The van der Waals surface area contributed by atoms with Crippen LogP contribution in [-0.2, 0) is 11.3 Å². The van der Waals surface area contributed by atoms with Crippen LogP contribution in [0.4, 0.5) is 0 Å². The van der Waals surface area contributed by atoms with Crippen LogP contribution in [0.5, 0.6) is 0 Å². The fraction of sp³-hybridized carbons (Fsp3) is 0.385. The number of aromatic nitrogens is 1. The SMILES string of the molecule is CC(CN(C)Cc1ccc2oc(=O)[nH]c2c1)C(=O)O. The lowest BCUT2D eigenvalue weighted by Crippen LogP contribution is -2.28. The number of hydrogen-bond donors (Lipinski definition) is 2. The number of rotatable bonds is 5. The lowest BCUT2D eigenvalue weighted by Gasteiger charge is -2.18. The summed E-state index contributed by atoms with van der Waals surface area (Å²) in [6.07, 6.45) is 0. The molecular formula is C13H16N2O4.